The van der Waals surface area contributed by atoms with Gasteiger partial charge < -0.3 is 15.8 Å². The second kappa shape index (κ2) is 7.36. The minimum Gasteiger partial charge on any atom is -0.409 e. The highest BCUT2D eigenvalue weighted by molar-refractivity contribution is 6.06. The van der Waals surface area contributed by atoms with E-state index in [1.807, 2.05) is 32.6 Å². The maximum absolute atomic E-state index is 12.9. The summed E-state index contributed by atoms with van der Waals surface area (Å²) in [6, 6.07) is 0.0962. The standard InChI is InChI=1S/C14H29N3O2/c1-7-14(8-2,12(15)16-19)13(18)17(11(5)6)9-10(3)4/h10-11,19H,7-9H2,1-6H3,(H2,15,16). The SMILES string of the molecule is CCC(CC)(C(=O)N(CC(C)C)C(C)C)C(N)=NO. The Balaban J connectivity index is 5.49. The van der Waals surface area contributed by atoms with E-state index in [1.54, 1.807) is 0 Å². The number of nitrogens with zero attached hydrogens (tertiary/aromatic N) is 2. The molecule has 3 N–H and O–H groups in total. The first kappa shape index (κ1) is 17.7. The Labute approximate surface area is 116 Å². The van der Waals surface area contributed by atoms with Crippen LogP contribution in [0.3, 0.4) is 0 Å². The lowest BCUT2D eigenvalue weighted by molar-refractivity contribution is -0.141. The van der Waals surface area contributed by atoms with Crippen molar-refractivity contribution in [2.24, 2.45) is 22.2 Å². The van der Waals surface area contributed by atoms with E-state index in [4.69, 9.17) is 10.9 Å². The lowest BCUT2D eigenvalue weighted by Gasteiger charge is -2.38. The summed E-state index contributed by atoms with van der Waals surface area (Å²) in [4.78, 5) is 14.7. The second-order valence-electron chi connectivity index (χ2n) is 5.72. The largest absolute Gasteiger partial charge is 0.409 e. The van der Waals surface area contributed by atoms with Crippen LogP contribution < -0.4 is 5.73 Å². The van der Waals surface area contributed by atoms with Gasteiger partial charge in [0.1, 0.15) is 5.41 Å². The number of oxime groups is 1. The average molecular weight is 271 g/mol. The lowest BCUT2D eigenvalue weighted by atomic mass is 9.79. The van der Waals surface area contributed by atoms with E-state index in [0.717, 1.165) is 0 Å². The van der Waals surface area contributed by atoms with Gasteiger partial charge in [0, 0.05) is 12.6 Å². The normalized spacial score (nSPS) is 13.2. The summed E-state index contributed by atoms with van der Waals surface area (Å²) in [5.41, 5.74) is 4.90. The van der Waals surface area contributed by atoms with Gasteiger partial charge in [0.25, 0.3) is 0 Å². The number of carbonyl (C=O) groups excluding carboxylic acids is 1. The Morgan fingerprint density at radius 3 is 2.00 bits per heavy atom. The fraction of sp³-hybridized carbons (Fsp3) is 0.857. The summed E-state index contributed by atoms with van der Waals surface area (Å²) in [6.07, 6.45) is 1.05. The molecule has 0 saturated carbocycles. The van der Waals surface area contributed by atoms with Crippen LogP contribution in [0.2, 0.25) is 0 Å². The molecule has 0 radical (unpaired) electrons. The summed E-state index contributed by atoms with van der Waals surface area (Å²) >= 11 is 0. The third-order valence-electron chi connectivity index (χ3n) is 3.66. The highest BCUT2D eigenvalue weighted by atomic mass is 16.4. The van der Waals surface area contributed by atoms with E-state index in [-0.39, 0.29) is 17.8 Å². The zero-order valence-corrected chi connectivity index (χ0v) is 13.1. The topological polar surface area (TPSA) is 78.9 Å². The molecule has 112 valence electrons. The fourth-order valence-electron chi connectivity index (χ4n) is 2.32. The fourth-order valence-corrected chi connectivity index (χ4v) is 2.32. The van der Waals surface area contributed by atoms with Gasteiger partial charge in [-0.3, -0.25) is 4.79 Å². The molecule has 1 amide bonds. The molecule has 0 aliphatic carbocycles. The summed E-state index contributed by atoms with van der Waals surface area (Å²) in [5.74, 6) is 0.346. The molecule has 19 heavy (non-hydrogen) atoms. The van der Waals surface area contributed by atoms with Crippen LogP contribution >= 0.6 is 0 Å². The summed E-state index contributed by atoms with van der Waals surface area (Å²) < 4.78 is 0. The van der Waals surface area contributed by atoms with Crippen LogP contribution in [-0.2, 0) is 4.79 Å². The molecule has 0 aliphatic rings. The van der Waals surface area contributed by atoms with Crippen molar-refractivity contribution >= 4 is 11.7 Å². The Kier molecular flexibility index (Phi) is 6.87. The van der Waals surface area contributed by atoms with E-state index in [2.05, 4.69) is 19.0 Å². The van der Waals surface area contributed by atoms with Crippen molar-refractivity contribution in [3.05, 3.63) is 0 Å². The van der Waals surface area contributed by atoms with Crippen LogP contribution in [0, 0.1) is 11.3 Å². The maximum atomic E-state index is 12.9. The van der Waals surface area contributed by atoms with Crippen molar-refractivity contribution in [1.29, 1.82) is 0 Å². The number of carbonyl (C=O) groups is 1. The van der Waals surface area contributed by atoms with Gasteiger partial charge in [0.15, 0.2) is 5.84 Å². The molecule has 0 aromatic rings. The molecule has 5 nitrogen and oxygen atoms in total. The summed E-state index contributed by atoms with van der Waals surface area (Å²) in [7, 11) is 0. The van der Waals surface area contributed by atoms with Crippen molar-refractivity contribution in [3.8, 4) is 0 Å². The van der Waals surface area contributed by atoms with Crippen LogP contribution in [-0.4, -0.2) is 34.4 Å². The number of nitrogens with two attached hydrogens (primary N) is 1. The number of rotatable bonds is 7. The molecular weight excluding hydrogens is 242 g/mol. The van der Waals surface area contributed by atoms with Crippen LogP contribution in [0.25, 0.3) is 0 Å². The Morgan fingerprint density at radius 2 is 1.74 bits per heavy atom. The first-order valence-corrected chi connectivity index (χ1v) is 7.05. The number of hydrogen-bond acceptors (Lipinski definition) is 3. The number of amidine groups is 1. The quantitative estimate of drug-likeness (QED) is 0.323. The van der Waals surface area contributed by atoms with Crippen molar-refractivity contribution < 1.29 is 10.0 Å². The van der Waals surface area contributed by atoms with Crippen LogP contribution in [0.4, 0.5) is 0 Å². The molecule has 0 aromatic heterocycles. The molecule has 0 spiro atoms. The summed E-state index contributed by atoms with van der Waals surface area (Å²) in [5, 5.41) is 12.1. The highest BCUT2D eigenvalue weighted by Gasteiger charge is 2.43. The van der Waals surface area contributed by atoms with Gasteiger partial charge >= 0.3 is 0 Å². The molecule has 0 aromatic carbocycles. The number of hydrogen-bond donors (Lipinski definition) is 2. The maximum Gasteiger partial charge on any atom is 0.236 e. The van der Waals surface area contributed by atoms with E-state index >= 15 is 0 Å². The molecule has 0 aliphatic heterocycles. The minimum atomic E-state index is -0.895. The van der Waals surface area contributed by atoms with Gasteiger partial charge in [-0.1, -0.05) is 32.9 Å². The average Bonchev–Trinajstić information content (AvgIpc) is 2.36. The smallest absolute Gasteiger partial charge is 0.236 e. The van der Waals surface area contributed by atoms with Crippen molar-refractivity contribution in [2.75, 3.05) is 6.54 Å². The molecule has 0 saturated heterocycles. The predicted molar refractivity (Wildman–Crippen MR) is 78.1 cm³/mol. The molecule has 0 rings (SSSR count). The predicted octanol–water partition coefficient (Wildman–Crippen LogP) is 2.43. The van der Waals surface area contributed by atoms with E-state index in [0.29, 0.717) is 25.3 Å². The zero-order valence-electron chi connectivity index (χ0n) is 13.1. The van der Waals surface area contributed by atoms with Crippen molar-refractivity contribution in [3.63, 3.8) is 0 Å². The molecule has 0 bridgehead atoms. The minimum absolute atomic E-state index is 0.0110. The molecule has 0 heterocycles. The lowest BCUT2D eigenvalue weighted by Crippen LogP contribution is -2.53. The first-order valence-electron chi connectivity index (χ1n) is 7.05. The van der Waals surface area contributed by atoms with E-state index < -0.39 is 5.41 Å². The second-order valence-corrected chi connectivity index (χ2v) is 5.72. The van der Waals surface area contributed by atoms with Gasteiger partial charge in [-0.2, -0.15) is 0 Å². The molecule has 0 unspecified atom stereocenters. The van der Waals surface area contributed by atoms with Gasteiger partial charge in [-0.05, 0) is 32.6 Å². The molecule has 0 fully saturated rings. The van der Waals surface area contributed by atoms with Crippen molar-refractivity contribution in [2.45, 2.75) is 60.4 Å². The number of amides is 1. The Bertz CT molecular complexity index is 321. The zero-order chi connectivity index (χ0) is 15.2. The van der Waals surface area contributed by atoms with Gasteiger partial charge in [-0.25, -0.2) is 0 Å². The van der Waals surface area contributed by atoms with E-state index in [1.165, 1.54) is 0 Å². The van der Waals surface area contributed by atoms with Gasteiger partial charge in [0.05, 0.1) is 0 Å². The Morgan fingerprint density at radius 1 is 1.26 bits per heavy atom. The van der Waals surface area contributed by atoms with Gasteiger partial charge in [-0.15, -0.1) is 0 Å². The highest BCUT2D eigenvalue weighted by Crippen LogP contribution is 2.30. The molecule has 5 heteroatoms. The monoisotopic (exact) mass is 271 g/mol. The van der Waals surface area contributed by atoms with Crippen LogP contribution in [0.1, 0.15) is 54.4 Å². The molecule has 0 atom stereocenters. The van der Waals surface area contributed by atoms with Crippen LogP contribution in [0.15, 0.2) is 5.16 Å². The molecular formula is C14H29N3O2. The van der Waals surface area contributed by atoms with Crippen LogP contribution in [0.5, 0.6) is 0 Å². The first-order chi connectivity index (χ1) is 8.76. The third-order valence-corrected chi connectivity index (χ3v) is 3.66. The van der Waals surface area contributed by atoms with Gasteiger partial charge in [0.2, 0.25) is 5.91 Å². The van der Waals surface area contributed by atoms with Crippen molar-refractivity contribution in [1.82, 2.24) is 4.90 Å². The van der Waals surface area contributed by atoms with E-state index in [9.17, 15) is 4.79 Å². The third kappa shape index (κ3) is 3.85. The Hall–Kier alpha value is -1.26. The summed E-state index contributed by atoms with van der Waals surface area (Å²) in [6.45, 7) is 12.6.